The summed E-state index contributed by atoms with van der Waals surface area (Å²) in [6.45, 7) is 1.17. The van der Waals surface area contributed by atoms with Crippen molar-refractivity contribution in [3.63, 3.8) is 0 Å². The quantitative estimate of drug-likeness (QED) is 0.474. The maximum Gasteiger partial charge on any atom is 0.265 e. The number of nitrogens with zero attached hydrogens (tertiary/aromatic N) is 1. The molecule has 8 nitrogen and oxygen atoms in total. The van der Waals surface area contributed by atoms with Gasteiger partial charge in [-0.15, -0.1) is 0 Å². The van der Waals surface area contributed by atoms with Crippen LogP contribution in [0.25, 0.3) is 0 Å². The number of nitrogens with one attached hydrogen (secondary N) is 2. The van der Waals surface area contributed by atoms with Gasteiger partial charge in [0.1, 0.15) is 18.0 Å². The average molecular weight is 514 g/mol. The van der Waals surface area contributed by atoms with Crippen LogP contribution in [0.2, 0.25) is 10.0 Å². The Balaban J connectivity index is 1.46. The zero-order valence-electron chi connectivity index (χ0n) is 18.6. The summed E-state index contributed by atoms with van der Waals surface area (Å²) in [6, 6.07) is 18.5. The largest absolute Gasteiger partial charge is 0.482 e. The summed E-state index contributed by atoms with van der Waals surface area (Å²) in [7, 11) is 0. The predicted octanol–water partition coefficient (Wildman–Crippen LogP) is 4.76. The number of rotatable bonds is 7. The van der Waals surface area contributed by atoms with Gasteiger partial charge in [-0.3, -0.25) is 19.3 Å². The fraction of sp³-hybridized carbons (Fsp3) is 0.160. The van der Waals surface area contributed by atoms with E-state index >= 15 is 0 Å². The zero-order valence-corrected chi connectivity index (χ0v) is 20.1. The molecule has 3 amide bonds. The summed E-state index contributed by atoms with van der Waals surface area (Å²) in [5.74, 6) is -0.439. The van der Waals surface area contributed by atoms with E-state index in [1.165, 1.54) is 11.0 Å². The molecule has 0 fully saturated rings. The van der Waals surface area contributed by atoms with E-state index in [1.807, 2.05) is 6.07 Å². The second kappa shape index (κ2) is 10.7. The van der Waals surface area contributed by atoms with Crippen LogP contribution in [0.5, 0.6) is 11.5 Å². The van der Waals surface area contributed by atoms with Gasteiger partial charge < -0.3 is 20.1 Å². The summed E-state index contributed by atoms with van der Waals surface area (Å²) in [5, 5.41) is 6.23. The van der Waals surface area contributed by atoms with E-state index in [9.17, 15) is 14.4 Å². The van der Waals surface area contributed by atoms with Crippen LogP contribution in [0.15, 0.2) is 66.7 Å². The molecule has 0 saturated carbocycles. The van der Waals surface area contributed by atoms with Crippen molar-refractivity contribution in [1.29, 1.82) is 0 Å². The lowest BCUT2D eigenvalue weighted by atomic mass is 10.2. The predicted molar refractivity (Wildman–Crippen MR) is 135 cm³/mol. The van der Waals surface area contributed by atoms with Crippen LogP contribution in [-0.2, 0) is 14.4 Å². The number of fused-ring (bicyclic) bond motifs is 1. The second-order valence-corrected chi connectivity index (χ2v) is 8.53. The van der Waals surface area contributed by atoms with Gasteiger partial charge in [-0.05, 0) is 55.5 Å². The van der Waals surface area contributed by atoms with Gasteiger partial charge >= 0.3 is 0 Å². The summed E-state index contributed by atoms with van der Waals surface area (Å²) >= 11 is 12.0. The van der Waals surface area contributed by atoms with Crippen molar-refractivity contribution in [2.75, 3.05) is 28.7 Å². The van der Waals surface area contributed by atoms with Crippen LogP contribution < -0.4 is 25.0 Å². The molecule has 0 radical (unpaired) electrons. The molecule has 3 aromatic carbocycles. The minimum absolute atomic E-state index is 0.190. The van der Waals surface area contributed by atoms with Crippen molar-refractivity contribution in [1.82, 2.24) is 0 Å². The Hall–Kier alpha value is -3.75. The molecule has 3 aromatic rings. The van der Waals surface area contributed by atoms with Gasteiger partial charge in [0, 0.05) is 16.4 Å². The molecule has 0 saturated heterocycles. The van der Waals surface area contributed by atoms with Gasteiger partial charge in [0.15, 0.2) is 12.7 Å². The Bertz CT molecular complexity index is 1270. The Labute approximate surface area is 211 Å². The Morgan fingerprint density at radius 1 is 1.03 bits per heavy atom. The van der Waals surface area contributed by atoms with Crippen LogP contribution in [-0.4, -0.2) is 37.0 Å². The number of hydrogen-bond donors (Lipinski definition) is 2. The molecule has 10 heteroatoms. The first kappa shape index (κ1) is 24.4. The lowest BCUT2D eigenvalue weighted by Gasteiger charge is -2.29. The van der Waals surface area contributed by atoms with Crippen molar-refractivity contribution < 1.29 is 23.9 Å². The highest BCUT2D eigenvalue weighted by Gasteiger charge is 2.28. The molecule has 0 spiro atoms. The standard InChI is InChI=1S/C25H21Cl2N3O5/c1-15(35-21-9-7-16(26)11-19(21)27)25(33)29-18-8-10-22-20(12-18)30(24(32)14-34-22)13-23(31)28-17-5-3-2-4-6-17/h2-12,15H,13-14H2,1H3,(H,28,31)(H,29,33). The third kappa shape index (κ3) is 6.03. The van der Waals surface area contributed by atoms with Gasteiger partial charge in [-0.2, -0.15) is 0 Å². The number of carbonyl (C=O) groups excluding carboxylic acids is 3. The maximum absolute atomic E-state index is 12.7. The number of amides is 3. The molecule has 1 atom stereocenters. The zero-order chi connectivity index (χ0) is 24.9. The van der Waals surface area contributed by atoms with Gasteiger partial charge in [-0.25, -0.2) is 0 Å². The highest BCUT2D eigenvalue weighted by Crippen LogP contribution is 2.35. The number of benzene rings is 3. The van der Waals surface area contributed by atoms with E-state index in [0.717, 1.165) is 0 Å². The molecule has 0 aliphatic carbocycles. The fourth-order valence-corrected chi connectivity index (χ4v) is 3.83. The van der Waals surface area contributed by atoms with Gasteiger partial charge in [0.25, 0.3) is 11.8 Å². The molecular weight excluding hydrogens is 493 g/mol. The lowest BCUT2D eigenvalue weighted by molar-refractivity contribution is -0.123. The first-order valence-corrected chi connectivity index (χ1v) is 11.4. The normalized spacial score (nSPS) is 13.3. The highest BCUT2D eigenvalue weighted by molar-refractivity contribution is 6.35. The van der Waals surface area contributed by atoms with Crippen molar-refractivity contribution >= 4 is 58.0 Å². The Morgan fingerprint density at radius 2 is 1.80 bits per heavy atom. The summed E-state index contributed by atoms with van der Waals surface area (Å²) < 4.78 is 11.1. The summed E-state index contributed by atoms with van der Waals surface area (Å²) in [4.78, 5) is 39.1. The van der Waals surface area contributed by atoms with Gasteiger partial charge in [0.2, 0.25) is 5.91 Å². The van der Waals surface area contributed by atoms with E-state index < -0.39 is 12.0 Å². The number of carbonyl (C=O) groups is 3. The first-order chi connectivity index (χ1) is 16.8. The third-order valence-corrected chi connectivity index (χ3v) is 5.63. The van der Waals surface area contributed by atoms with Crippen molar-refractivity contribution in [2.45, 2.75) is 13.0 Å². The molecule has 1 aliphatic rings. The Morgan fingerprint density at radius 3 is 2.54 bits per heavy atom. The SMILES string of the molecule is CC(Oc1ccc(Cl)cc1Cl)C(=O)Nc1ccc2c(c1)N(CC(=O)Nc1ccccc1)C(=O)CO2. The third-order valence-electron chi connectivity index (χ3n) is 5.10. The minimum Gasteiger partial charge on any atom is -0.482 e. The smallest absolute Gasteiger partial charge is 0.265 e. The molecule has 4 rings (SSSR count). The minimum atomic E-state index is -0.879. The molecule has 2 N–H and O–H groups in total. The number of para-hydroxylation sites is 1. The number of ether oxygens (including phenoxy) is 2. The Kier molecular flexibility index (Phi) is 7.43. The topological polar surface area (TPSA) is 97.0 Å². The van der Waals surface area contributed by atoms with Crippen LogP contribution >= 0.6 is 23.2 Å². The lowest BCUT2D eigenvalue weighted by Crippen LogP contribution is -2.43. The van der Waals surface area contributed by atoms with Crippen LogP contribution in [0.1, 0.15) is 6.92 Å². The van der Waals surface area contributed by atoms with E-state index in [2.05, 4.69) is 10.6 Å². The maximum atomic E-state index is 12.7. The molecular formula is C25H21Cl2N3O5. The van der Waals surface area contributed by atoms with Gasteiger partial charge in [-0.1, -0.05) is 41.4 Å². The number of hydrogen-bond acceptors (Lipinski definition) is 5. The van der Waals surface area contributed by atoms with E-state index in [1.54, 1.807) is 61.5 Å². The highest BCUT2D eigenvalue weighted by atomic mass is 35.5. The summed E-state index contributed by atoms with van der Waals surface area (Å²) in [6.07, 6.45) is -0.879. The van der Waals surface area contributed by atoms with Crippen LogP contribution in [0.3, 0.4) is 0 Å². The summed E-state index contributed by atoms with van der Waals surface area (Å²) in [5.41, 5.74) is 1.39. The number of anilines is 3. The first-order valence-electron chi connectivity index (χ1n) is 10.6. The molecule has 35 heavy (non-hydrogen) atoms. The van der Waals surface area contributed by atoms with E-state index in [4.69, 9.17) is 32.7 Å². The van der Waals surface area contributed by atoms with E-state index in [-0.39, 0.29) is 30.0 Å². The van der Waals surface area contributed by atoms with Crippen LogP contribution in [0.4, 0.5) is 17.1 Å². The fourth-order valence-electron chi connectivity index (χ4n) is 3.38. The average Bonchev–Trinajstić information content (AvgIpc) is 2.83. The number of halogens is 2. The molecule has 180 valence electrons. The molecule has 0 aromatic heterocycles. The van der Waals surface area contributed by atoms with Crippen molar-refractivity contribution in [3.8, 4) is 11.5 Å². The molecule has 1 heterocycles. The van der Waals surface area contributed by atoms with Crippen LogP contribution in [0, 0.1) is 0 Å². The molecule has 0 bridgehead atoms. The molecule has 1 aliphatic heterocycles. The van der Waals surface area contributed by atoms with Crippen molar-refractivity contribution in [3.05, 3.63) is 76.8 Å². The van der Waals surface area contributed by atoms with Gasteiger partial charge in [0.05, 0.1) is 10.7 Å². The monoisotopic (exact) mass is 513 g/mol. The van der Waals surface area contributed by atoms with E-state index in [0.29, 0.717) is 33.6 Å². The second-order valence-electron chi connectivity index (χ2n) is 7.69. The molecule has 1 unspecified atom stereocenters. The van der Waals surface area contributed by atoms with Crippen molar-refractivity contribution in [2.24, 2.45) is 0 Å².